The number of amides is 1. The monoisotopic (exact) mass is 438 g/mol. The second kappa shape index (κ2) is 10.1. The van der Waals surface area contributed by atoms with Crippen molar-refractivity contribution in [2.45, 2.75) is 99.5 Å². The molecular weight excluding hydrogens is 392 g/mol. The number of allylic oxidation sites excluding steroid dienone is 2. The lowest BCUT2D eigenvalue weighted by Crippen LogP contribution is -2.53. The smallest absolute Gasteiger partial charge is 0.209 e. The molecule has 1 aromatic rings. The third kappa shape index (κ3) is 3.84. The first-order chi connectivity index (χ1) is 15.5. The third-order valence-electron chi connectivity index (χ3n) is 9.36. The molecule has 1 aliphatic heterocycles. The average Bonchev–Trinajstić information content (AvgIpc) is 3.38. The molecular formula is C29H46N2O. The Morgan fingerprint density at radius 3 is 2.50 bits per heavy atom. The molecule has 2 saturated carbocycles. The van der Waals surface area contributed by atoms with E-state index in [0.29, 0.717) is 16.9 Å². The molecule has 1 saturated heterocycles. The van der Waals surface area contributed by atoms with Gasteiger partial charge in [0, 0.05) is 25.0 Å². The molecule has 3 heteroatoms. The molecule has 6 atom stereocenters. The molecule has 1 unspecified atom stereocenters. The Balaban J connectivity index is 0.000000686. The molecule has 0 radical (unpaired) electrons. The highest BCUT2D eigenvalue weighted by Gasteiger charge is 2.60. The maximum atomic E-state index is 11.6. The Morgan fingerprint density at radius 2 is 1.81 bits per heavy atom. The molecule has 32 heavy (non-hydrogen) atoms. The van der Waals surface area contributed by atoms with Crippen LogP contribution in [0.2, 0.25) is 0 Å². The zero-order valence-electron chi connectivity index (χ0n) is 21.7. The summed E-state index contributed by atoms with van der Waals surface area (Å²) in [6.07, 6.45) is 16.3. The predicted octanol–water partition coefficient (Wildman–Crippen LogP) is 7.16. The van der Waals surface area contributed by atoms with Crippen LogP contribution in [0.15, 0.2) is 24.5 Å². The first kappa shape index (κ1) is 25.0. The van der Waals surface area contributed by atoms with Gasteiger partial charge >= 0.3 is 0 Å². The van der Waals surface area contributed by atoms with Crippen LogP contribution in [0.3, 0.4) is 0 Å². The number of hydrogen-bond donors (Lipinski definition) is 0. The van der Waals surface area contributed by atoms with Gasteiger partial charge in [-0.25, -0.2) is 0 Å². The second-order valence-corrected chi connectivity index (χ2v) is 10.3. The number of rotatable bonds is 3. The largest absolute Gasteiger partial charge is 0.342 e. The fourth-order valence-corrected chi connectivity index (χ4v) is 7.83. The SMILES string of the molecule is CC.CC.CCc1cncc(C2=CC[C@H]3[C@@H]4CCC5N(C=O)CC[C@]5(C)[C@H]4CC[C@]23C)c1. The van der Waals surface area contributed by atoms with Gasteiger partial charge in [0.25, 0.3) is 0 Å². The molecule has 3 fully saturated rings. The van der Waals surface area contributed by atoms with Crippen molar-refractivity contribution < 1.29 is 4.79 Å². The standard InChI is InChI=1S/C25H34N2O.2C2H6/c1-4-17-13-18(15-26-14-17)20-6-7-21-19-5-8-23-25(3,11-12-27(23)16-28)22(19)9-10-24(20,21)2;2*1-2/h6,13-16,19,21-23H,4-5,7-12H2,1-3H3;2*1-2H3/t19-,21-,22-,23?,24+,25+;;/m0../s1. The molecule has 1 aromatic heterocycles. The van der Waals surface area contributed by atoms with Gasteiger partial charge in [0.1, 0.15) is 0 Å². The molecule has 3 aliphatic carbocycles. The van der Waals surface area contributed by atoms with E-state index >= 15 is 0 Å². The molecule has 0 aromatic carbocycles. The Hall–Kier alpha value is -1.64. The number of pyridine rings is 1. The summed E-state index contributed by atoms with van der Waals surface area (Å²) in [5.74, 6) is 2.35. The minimum Gasteiger partial charge on any atom is -0.342 e. The van der Waals surface area contributed by atoms with Crippen LogP contribution in [0.5, 0.6) is 0 Å². The van der Waals surface area contributed by atoms with Crippen LogP contribution >= 0.6 is 0 Å². The zero-order valence-corrected chi connectivity index (χ0v) is 21.7. The van der Waals surface area contributed by atoms with Crippen LogP contribution in [0.4, 0.5) is 0 Å². The van der Waals surface area contributed by atoms with Gasteiger partial charge < -0.3 is 4.90 Å². The summed E-state index contributed by atoms with van der Waals surface area (Å²) in [4.78, 5) is 18.2. The van der Waals surface area contributed by atoms with Gasteiger partial charge in [0.05, 0.1) is 0 Å². The molecule has 3 nitrogen and oxygen atoms in total. The zero-order chi connectivity index (χ0) is 23.5. The van der Waals surface area contributed by atoms with E-state index in [1.165, 1.54) is 49.7 Å². The number of fused-ring (bicyclic) bond motifs is 5. The lowest BCUT2D eigenvalue weighted by molar-refractivity contribution is -0.123. The van der Waals surface area contributed by atoms with Gasteiger partial charge in [-0.1, -0.05) is 54.5 Å². The maximum Gasteiger partial charge on any atom is 0.209 e. The highest BCUT2D eigenvalue weighted by molar-refractivity contribution is 5.72. The fraction of sp³-hybridized carbons (Fsp3) is 0.724. The molecule has 178 valence electrons. The van der Waals surface area contributed by atoms with Gasteiger partial charge in [-0.2, -0.15) is 0 Å². The van der Waals surface area contributed by atoms with E-state index in [9.17, 15) is 4.79 Å². The molecule has 0 N–H and O–H groups in total. The Bertz CT molecular complexity index is 817. The number of aromatic nitrogens is 1. The fourth-order valence-electron chi connectivity index (χ4n) is 7.83. The molecule has 2 heterocycles. The summed E-state index contributed by atoms with van der Waals surface area (Å²) in [6.45, 7) is 16.2. The Labute approximate surface area is 197 Å². The number of carbonyl (C=O) groups excluding carboxylic acids is 1. The van der Waals surface area contributed by atoms with Crippen LogP contribution in [-0.4, -0.2) is 28.9 Å². The average molecular weight is 439 g/mol. The van der Waals surface area contributed by atoms with Crippen LogP contribution < -0.4 is 0 Å². The minimum absolute atomic E-state index is 0.293. The topological polar surface area (TPSA) is 33.2 Å². The van der Waals surface area contributed by atoms with E-state index in [2.05, 4.69) is 49.0 Å². The molecule has 0 bridgehead atoms. The van der Waals surface area contributed by atoms with E-state index < -0.39 is 0 Å². The quantitative estimate of drug-likeness (QED) is 0.469. The Kier molecular flexibility index (Phi) is 7.89. The lowest BCUT2D eigenvalue weighted by Gasteiger charge is -2.57. The van der Waals surface area contributed by atoms with Crippen molar-refractivity contribution in [3.05, 3.63) is 35.7 Å². The Morgan fingerprint density at radius 1 is 1.06 bits per heavy atom. The van der Waals surface area contributed by atoms with Gasteiger partial charge in [0.15, 0.2) is 0 Å². The van der Waals surface area contributed by atoms with Crippen LogP contribution in [0, 0.1) is 28.6 Å². The number of nitrogens with zero attached hydrogens (tertiary/aromatic N) is 2. The van der Waals surface area contributed by atoms with E-state index in [0.717, 1.165) is 37.1 Å². The minimum atomic E-state index is 0.293. The molecule has 1 amide bonds. The van der Waals surface area contributed by atoms with Crippen molar-refractivity contribution in [2.24, 2.45) is 28.6 Å². The molecule has 5 rings (SSSR count). The summed E-state index contributed by atoms with van der Waals surface area (Å²) in [5.41, 5.74) is 4.88. The van der Waals surface area contributed by atoms with Crippen molar-refractivity contribution in [1.29, 1.82) is 0 Å². The summed E-state index contributed by atoms with van der Waals surface area (Å²) in [6, 6.07) is 2.85. The van der Waals surface area contributed by atoms with E-state index in [4.69, 9.17) is 0 Å². The van der Waals surface area contributed by atoms with Crippen molar-refractivity contribution in [3.8, 4) is 0 Å². The first-order valence-corrected chi connectivity index (χ1v) is 13.4. The van der Waals surface area contributed by atoms with Gasteiger partial charge in [-0.3, -0.25) is 9.78 Å². The van der Waals surface area contributed by atoms with Crippen molar-refractivity contribution in [3.63, 3.8) is 0 Å². The lowest BCUT2D eigenvalue weighted by atomic mass is 9.48. The van der Waals surface area contributed by atoms with E-state index in [1.54, 1.807) is 5.57 Å². The molecule has 4 aliphatic rings. The summed E-state index contributed by atoms with van der Waals surface area (Å²) in [7, 11) is 0. The normalized spacial score (nSPS) is 37.0. The number of likely N-dealkylation sites (tertiary alicyclic amines) is 1. The second-order valence-electron chi connectivity index (χ2n) is 10.3. The van der Waals surface area contributed by atoms with Crippen molar-refractivity contribution in [2.75, 3.05) is 6.54 Å². The van der Waals surface area contributed by atoms with Gasteiger partial charge in [-0.15, -0.1) is 0 Å². The van der Waals surface area contributed by atoms with E-state index in [-0.39, 0.29) is 0 Å². The summed E-state index contributed by atoms with van der Waals surface area (Å²) in [5, 5.41) is 0. The number of carbonyl (C=O) groups is 1. The van der Waals surface area contributed by atoms with Crippen LogP contribution in [0.25, 0.3) is 5.57 Å². The van der Waals surface area contributed by atoms with Crippen LogP contribution in [0.1, 0.15) is 98.1 Å². The number of aryl methyl sites for hydroxylation is 1. The van der Waals surface area contributed by atoms with Crippen molar-refractivity contribution >= 4 is 12.0 Å². The highest BCUT2D eigenvalue weighted by Crippen LogP contribution is 2.66. The number of hydrogen-bond acceptors (Lipinski definition) is 2. The highest BCUT2D eigenvalue weighted by atomic mass is 16.1. The predicted molar refractivity (Wildman–Crippen MR) is 135 cm³/mol. The third-order valence-corrected chi connectivity index (χ3v) is 9.36. The van der Waals surface area contributed by atoms with E-state index in [1.807, 2.05) is 33.9 Å². The van der Waals surface area contributed by atoms with Crippen molar-refractivity contribution in [1.82, 2.24) is 9.88 Å². The maximum absolute atomic E-state index is 11.6. The summed E-state index contributed by atoms with van der Waals surface area (Å²) >= 11 is 0. The van der Waals surface area contributed by atoms with Gasteiger partial charge in [-0.05, 0) is 96.3 Å². The first-order valence-electron chi connectivity index (χ1n) is 13.4. The van der Waals surface area contributed by atoms with Gasteiger partial charge in [0.2, 0.25) is 6.41 Å². The summed E-state index contributed by atoms with van der Waals surface area (Å²) < 4.78 is 0. The van der Waals surface area contributed by atoms with Crippen LogP contribution in [-0.2, 0) is 11.2 Å². The molecule has 0 spiro atoms.